The highest BCUT2D eigenvalue weighted by Gasteiger charge is 2.31. The van der Waals surface area contributed by atoms with Crippen molar-refractivity contribution in [2.75, 3.05) is 19.6 Å². The Hall–Kier alpha value is -0.220. The second-order valence-corrected chi connectivity index (χ2v) is 4.80. The molecule has 0 saturated carbocycles. The minimum atomic E-state index is -2.23. The third-order valence-corrected chi connectivity index (χ3v) is 3.44. The monoisotopic (exact) mass is 220 g/mol. The van der Waals surface area contributed by atoms with E-state index < -0.39 is 6.43 Å². The Morgan fingerprint density at radius 1 is 1.53 bits per heavy atom. The van der Waals surface area contributed by atoms with Crippen molar-refractivity contribution in [3.8, 4) is 0 Å². The van der Waals surface area contributed by atoms with Crippen LogP contribution in [0.25, 0.3) is 0 Å². The van der Waals surface area contributed by atoms with Gasteiger partial charge in [-0.2, -0.15) is 0 Å². The van der Waals surface area contributed by atoms with Crippen LogP contribution in [0.4, 0.5) is 8.78 Å². The molecule has 90 valence electrons. The van der Waals surface area contributed by atoms with E-state index in [1.165, 1.54) is 0 Å². The minimum Gasteiger partial charge on any atom is -0.310 e. The molecule has 2 unspecified atom stereocenters. The highest BCUT2D eigenvalue weighted by atomic mass is 19.3. The van der Waals surface area contributed by atoms with Crippen LogP contribution in [0.3, 0.4) is 0 Å². The Morgan fingerprint density at radius 3 is 2.73 bits per heavy atom. The zero-order chi connectivity index (χ0) is 11.5. The van der Waals surface area contributed by atoms with Crippen molar-refractivity contribution in [1.29, 1.82) is 0 Å². The van der Waals surface area contributed by atoms with Crippen molar-refractivity contribution in [1.82, 2.24) is 10.2 Å². The molecule has 0 radical (unpaired) electrons. The fourth-order valence-corrected chi connectivity index (χ4v) is 2.08. The first-order valence-electron chi connectivity index (χ1n) is 5.74. The van der Waals surface area contributed by atoms with Gasteiger partial charge < -0.3 is 5.32 Å². The zero-order valence-corrected chi connectivity index (χ0v) is 9.89. The van der Waals surface area contributed by atoms with E-state index >= 15 is 0 Å². The van der Waals surface area contributed by atoms with E-state index in [4.69, 9.17) is 0 Å². The first-order chi connectivity index (χ1) is 6.97. The van der Waals surface area contributed by atoms with Crippen LogP contribution in [-0.2, 0) is 0 Å². The SMILES string of the molecule is CCC1(C)CN(CC(F)F)C(C)CCN1. The molecule has 0 bridgehead atoms. The lowest BCUT2D eigenvalue weighted by atomic mass is 9.98. The first kappa shape index (κ1) is 12.8. The van der Waals surface area contributed by atoms with Crippen molar-refractivity contribution in [3.63, 3.8) is 0 Å². The van der Waals surface area contributed by atoms with Gasteiger partial charge in [-0.1, -0.05) is 6.92 Å². The van der Waals surface area contributed by atoms with Gasteiger partial charge in [-0.05, 0) is 33.2 Å². The Kier molecular flexibility index (Phi) is 4.46. The van der Waals surface area contributed by atoms with Crippen LogP contribution in [0.1, 0.15) is 33.6 Å². The van der Waals surface area contributed by atoms with Crippen molar-refractivity contribution in [3.05, 3.63) is 0 Å². The molecule has 1 aliphatic rings. The van der Waals surface area contributed by atoms with Crippen LogP contribution >= 0.6 is 0 Å². The van der Waals surface area contributed by atoms with Crippen LogP contribution in [0.2, 0.25) is 0 Å². The second-order valence-electron chi connectivity index (χ2n) is 4.80. The van der Waals surface area contributed by atoms with Crippen LogP contribution in [0.5, 0.6) is 0 Å². The molecule has 0 aliphatic carbocycles. The van der Waals surface area contributed by atoms with Gasteiger partial charge in [0.25, 0.3) is 6.43 Å². The summed E-state index contributed by atoms with van der Waals surface area (Å²) in [6.45, 7) is 7.79. The molecule has 1 rings (SSSR count). The number of nitrogens with one attached hydrogen (secondary N) is 1. The first-order valence-corrected chi connectivity index (χ1v) is 5.74. The number of rotatable bonds is 3. The summed E-state index contributed by atoms with van der Waals surface area (Å²) in [6.07, 6.45) is -0.312. The largest absolute Gasteiger partial charge is 0.310 e. The minimum absolute atomic E-state index is 0.0142. The summed E-state index contributed by atoms with van der Waals surface area (Å²) >= 11 is 0. The Labute approximate surface area is 91.0 Å². The Bertz CT molecular complexity index is 199. The summed E-state index contributed by atoms with van der Waals surface area (Å²) in [5.41, 5.74) is -0.0142. The predicted octanol–water partition coefficient (Wildman–Crippen LogP) is 2.10. The van der Waals surface area contributed by atoms with Crippen molar-refractivity contribution in [2.45, 2.75) is 51.6 Å². The van der Waals surface area contributed by atoms with Crippen LogP contribution < -0.4 is 5.32 Å². The van der Waals surface area contributed by atoms with Gasteiger partial charge in [-0.3, -0.25) is 4.90 Å². The van der Waals surface area contributed by atoms with Crippen molar-refractivity contribution >= 4 is 0 Å². The molecule has 1 N–H and O–H groups in total. The van der Waals surface area contributed by atoms with E-state index in [2.05, 4.69) is 19.2 Å². The molecule has 4 heteroatoms. The molecular weight excluding hydrogens is 198 g/mol. The lowest BCUT2D eigenvalue weighted by Crippen LogP contribution is -2.50. The van der Waals surface area contributed by atoms with Crippen LogP contribution in [-0.4, -0.2) is 42.5 Å². The highest BCUT2D eigenvalue weighted by molar-refractivity contribution is 4.90. The molecule has 0 aromatic heterocycles. The predicted molar refractivity (Wildman–Crippen MR) is 58.4 cm³/mol. The molecule has 1 saturated heterocycles. The molecule has 1 aliphatic heterocycles. The quantitative estimate of drug-likeness (QED) is 0.783. The zero-order valence-electron chi connectivity index (χ0n) is 9.89. The van der Waals surface area contributed by atoms with E-state index in [1.54, 1.807) is 0 Å². The number of alkyl halides is 2. The molecule has 15 heavy (non-hydrogen) atoms. The number of hydrogen-bond acceptors (Lipinski definition) is 2. The van der Waals surface area contributed by atoms with E-state index in [1.807, 2.05) is 11.8 Å². The molecule has 0 aromatic rings. The Morgan fingerprint density at radius 2 is 2.20 bits per heavy atom. The van der Waals surface area contributed by atoms with Gasteiger partial charge in [0.15, 0.2) is 0 Å². The van der Waals surface area contributed by atoms with E-state index in [-0.39, 0.29) is 18.1 Å². The fraction of sp³-hybridized carbons (Fsp3) is 1.00. The maximum absolute atomic E-state index is 12.4. The second kappa shape index (κ2) is 5.21. The fourth-order valence-electron chi connectivity index (χ4n) is 2.08. The standard InChI is InChI=1S/C11H22F2N2/c1-4-11(3)8-15(7-10(12)13)9(2)5-6-14-11/h9-10,14H,4-8H2,1-3H3. The molecule has 0 aromatic carbocycles. The number of halogens is 2. The summed E-state index contributed by atoms with van der Waals surface area (Å²) in [5.74, 6) is 0. The van der Waals surface area contributed by atoms with Gasteiger partial charge >= 0.3 is 0 Å². The highest BCUT2D eigenvalue weighted by Crippen LogP contribution is 2.19. The summed E-state index contributed by atoms with van der Waals surface area (Å²) in [5, 5.41) is 3.45. The number of hydrogen-bond donors (Lipinski definition) is 1. The molecule has 1 fully saturated rings. The van der Waals surface area contributed by atoms with Crippen molar-refractivity contribution in [2.24, 2.45) is 0 Å². The van der Waals surface area contributed by atoms with Gasteiger partial charge in [0.05, 0.1) is 6.54 Å². The maximum atomic E-state index is 12.4. The maximum Gasteiger partial charge on any atom is 0.251 e. The molecule has 0 spiro atoms. The summed E-state index contributed by atoms with van der Waals surface area (Å²) in [7, 11) is 0. The molecule has 2 nitrogen and oxygen atoms in total. The molecule has 1 heterocycles. The Balaban J connectivity index is 2.64. The molecule has 0 amide bonds. The number of nitrogens with zero attached hydrogens (tertiary/aromatic N) is 1. The van der Waals surface area contributed by atoms with E-state index in [0.717, 1.165) is 25.9 Å². The summed E-state index contributed by atoms with van der Waals surface area (Å²) in [6, 6.07) is 0.250. The normalized spacial score (nSPS) is 34.4. The van der Waals surface area contributed by atoms with Crippen LogP contribution in [0, 0.1) is 0 Å². The van der Waals surface area contributed by atoms with Gasteiger partial charge in [-0.15, -0.1) is 0 Å². The van der Waals surface area contributed by atoms with Gasteiger partial charge in [0.1, 0.15) is 0 Å². The third-order valence-electron chi connectivity index (χ3n) is 3.44. The van der Waals surface area contributed by atoms with E-state index in [0.29, 0.717) is 0 Å². The summed E-state index contributed by atoms with van der Waals surface area (Å²) < 4.78 is 24.8. The topological polar surface area (TPSA) is 15.3 Å². The smallest absolute Gasteiger partial charge is 0.251 e. The van der Waals surface area contributed by atoms with Gasteiger partial charge in [0, 0.05) is 18.1 Å². The lowest BCUT2D eigenvalue weighted by Gasteiger charge is -2.34. The average molecular weight is 220 g/mol. The van der Waals surface area contributed by atoms with Gasteiger partial charge in [0.2, 0.25) is 0 Å². The van der Waals surface area contributed by atoms with Crippen molar-refractivity contribution < 1.29 is 8.78 Å². The van der Waals surface area contributed by atoms with Crippen LogP contribution in [0.15, 0.2) is 0 Å². The third kappa shape index (κ3) is 3.68. The lowest BCUT2D eigenvalue weighted by molar-refractivity contribution is 0.0601. The summed E-state index contributed by atoms with van der Waals surface area (Å²) in [4.78, 5) is 1.91. The molecule has 2 atom stereocenters. The van der Waals surface area contributed by atoms with E-state index in [9.17, 15) is 8.78 Å². The van der Waals surface area contributed by atoms with Gasteiger partial charge in [-0.25, -0.2) is 8.78 Å². The average Bonchev–Trinajstić information content (AvgIpc) is 2.27. The molecular formula is C11H22F2N2.